The summed E-state index contributed by atoms with van der Waals surface area (Å²) in [6, 6.07) is 6.68. The van der Waals surface area contributed by atoms with Crippen molar-refractivity contribution in [3.63, 3.8) is 0 Å². The lowest BCUT2D eigenvalue weighted by Crippen LogP contribution is -2.25. The van der Waals surface area contributed by atoms with Gasteiger partial charge in [0.15, 0.2) is 6.04 Å². The molecule has 0 heterocycles. The molecule has 6 nitrogen and oxygen atoms in total. The van der Waals surface area contributed by atoms with Crippen LogP contribution in [0.2, 0.25) is 0 Å². The molecule has 6 heteroatoms. The van der Waals surface area contributed by atoms with Crippen LogP contribution in [0.5, 0.6) is 0 Å². The average molecular weight is 207 g/mol. The molecule has 0 fully saturated rings. The van der Waals surface area contributed by atoms with Crippen molar-refractivity contribution in [3.8, 4) is 0 Å². The summed E-state index contributed by atoms with van der Waals surface area (Å²) in [6.07, 6.45) is -1.33. The Morgan fingerprint density at radius 2 is 2.00 bits per heavy atom. The summed E-state index contributed by atoms with van der Waals surface area (Å²) < 4.78 is 0. The molecule has 0 unspecified atom stereocenters. The third-order valence-corrected chi connectivity index (χ3v) is 1.87. The number of aliphatic carboxylic acids is 1. The number of rotatable bonds is 4. The highest BCUT2D eigenvalue weighted by Crippen LogP contribution is 2.19. The maximum Gasteiger partial charge on any atom is 0.315 e. The van der Waals surface area contributed by atoms with Crippen LogP contribution in [-0.2, 0) is 4.79 Å². The fraction of sp³-hybridized carbons (Fsp3) is 0.222. The van der Waals surface area contributed by atoms with Crippen molar-refractivity contribution in [1.29, 1.82) is 0 Å². The third kappa shape index (κ3) is 2.70. The van der Waals surface area contributed by atoms with Crippen LogP contribution in [0, 0.1) is 0 Å². The van der Waals surface area contributed by atoms with E-state index in [4.69, 9.17) is 10.6 Å². The Morgan fingerprint density at radius 1 is 1.40 bits per heavy atom. The van der Waals surface area contributed by atoms with Crippen molar-refractivity contribution in [2.24, 2.45) is 5.11 Å². The number of hydrogen-bond donors (Lipinski definition) is 2. The molecule has 0 aliphatic rings. The lowest BCUT2D eigenvalue weighted by Gasteiger charge is -2.14. The Labute approximate surface area is 85.4 Å². The first-order valence-electron chi connectivity index (χ1n) is 4.17. The van der Waals surface area contributed by atoms with Crippen molar-refractivity contribution < 1.29 is 15.0 Å². The number of aliphatic hydroxyl groups excluding tert-OH is 1. The van der Waals surface area contributed by atoms with Crippen molar-refractivity contribution in [2.45, 2.75) is 12.1 Å². The standard InChI is InChI=1S/C9H9N3O3/c10-12-11-7(9(14)15)8(13)6-4-2-1-3-5-6/h1-5,7-8,13H,(H,14,15)/t7-,8+/m0/s1. The molecule has 78 valence electrons. The normalized spacial score (nSPS) is 13.7. The minimum absolute atomic E-state index is 0.400. The van der Waals surface area contributed by atoms with E-state index in [0.29, 0.717) is 5.56 Å². The molecule has 2 N–H and O–H groups in total. The van der Waals surface area contributed by atoms with Gasteiger partial charge in [0.2, 0.25) is 0 Å². The Balaban J connectivity index is 2.95. The molecule has 1 rings (SSSR count). The molecule has 0 amide bonds. The Kier molecular flexibility index (Phi) is 3.68. The maximum absolute atomic E-state index is 10.7. The summed E-state index contributed by atoms with van der Waals surface area (Å²) in [7, 11) is 0. The summed E-state index contributed by atoms with van der Waals surface area (Å²) >= 11 is 0. The highest BCUT2D eigenvalue weighted by Gasteiger charge is 2.26. The largest absolute Gasteiger partial charge is 0.481 e. The molecule has 0 aliphatic heterocycles. The zero-order valence-electron chi connectivity index (χ0n) is 7.69. The van der Waals surface area contributed by atoms with E-state index in [1.165, 1.54) is 0 Å². The van der Waals surface area contributed by atoms with E-state index >= 15 is 0 Å². The number of carboxylic acid groups (broad SMARTS) is 1. The second kappa shape index (κ2) is 4.99. The topological polar surface area (TPSA) is 106 Å². The van der Waals surface area contributed by atoms with Crippen molar-refractivity contribution in [2.75, 3.05) is 0 Å². The quantitative estimate of drug-likeness (QED) is 0.443. The molecule has 0 radical (unpaired) electrons. The SMILES string of the molecule is [N-]=[N+]=N[C@H](C(=O)O)[C@H](O)c1ccccc1. The second-order valence-electron chi connectivity index (χ2n) is 2.84. The third-order valence-electron chi connectivity index (χ3n) is 1.87. The van der Waals surface area contributed by atoms with Gasteiger partial charge < -0.3 is 10.2 Å². The van der Waals surface area contributed by atoms with Crippen LogP contribution in [0.1, 0.15) is 11.7 Å². The fourth-order valence-corrected chi connectivity index (χ4v) is 1.14. The van der Waals surface area contributed by atoms with Crippen molar-refractivity contribution in [1.82, 2.24) is 0 Å². The maximum atomic E-state index is 10.7. The van der Waals surface area contributed by atoms with E-state index in [9.17, 15) is 9.90 Å². The monoisotopic (exact) mass is 207 g/mol. The summed E-state index contributed by atoms with van der Waals surface area (Å²) in [5, 5.41) is 21.4. The molecule has 1 aromatic rings. The number of azide groups is 1. The molecule has 0 aliphatic carbocycles. The van der Waals surface area contributed by atoms with E-state index in [2.05, 4.69) is 10.0 Å². The van der Waals surface area contributed by atoms with Crippen LogP contribution in [0.15, 0.2) is 35.4 Å². The lowest BCUT2D eigenvalue weighted by atomic mass is 10.0. The van der Waals surface area contributed by atoms with Gasteiger partial charge in [0.1, 0.15) is 0 Å². The minimum Gasteiger partial charge on any atom is -0.481 e. The zero-order chi connectivity index (χ0) is 11.3. The molecule has 0 bridgehead atoms. The van der Waals surface area contributed by atoms with Crippen LogP contribution in [0.25, 0.3) is 10.4 Å². The van der Waals surface area contributed by atoms with Crippen LogP contribution in [0.4, 0.5) is 0 Å². The lowest BCUT2D eigenvalue weighted by molar-refractivity contribution is -0.141. The summed E-state index contributed by atoms with van der Waals surface area (Å²) in [6.45, 7) is 0. The van der Waals surface area contributed by atoms with Crippen LogP contribution >= 0.6 is 0 Å². The van der Waals surface area contributed by atoms with Crippen LogP contribution in [0.3, 0.4) is 0 Å². The molecular weight excluding hydrogens is 198 g/mol. The van der Waals surface area contributed by atoms with Gasteiger partial charge in [0.25, 0.3) is 0 Å². The van der Waals surface area contributed by atoms with Gasteiger partial charge >= 0.3 is 5.97 Å². The first-order chi connectivity index (χ1) is 7.16. The van der Waals surface area contributed by atoms with Gasteiger partial charge in [0, 0.05) is 4.91 Å². The van der Waals surface area contributed by atoms with E-state index in [1.54, 1.807) is 30.3 Å². The number of carbonyl (C=O) groups is 1. The van der Waals surface area contributed by atoms with Crippen LogP contribution in [-0.4, -0.2) is 22.2 Å². The first kappa shape index (κ1) is 11.0. The van der Waals surface area contributed by atoms with Gasteiger partial charge in [-0.15, -0.1) is 0 Å². The number of benzene rings is 1. The second-order valence-corrected chi connectivity index (χ2v) is 2.84. The summed E-state index contributed by atoms with van der Waals surface area (Å²) in [5.74, 6) is -1.36. The molecule has 0 saturated carbocycles. The Hall–Kier alpha value is -2.04. The van der Waals surface area contributed by atoms with Gasteiger partial charge in [-0.05, 0) is 11.1 Å². The van der Waals surface area contributed by atoms with Gasteiger partial charge in [0.05, 0.1) is 6.10 Å². The highest BCUT2D eigenvalue weighted by molar-refractivity contribution is 5.74. The van der Waals surface area contributed by atoms with Gasteiger partial charge in [-0.3, -0.25) is 4.79 Å². The molecular formula is C9H9N3O3. The highest BCUT2D eigenvalue weighted by atomic mass is 16.4. The number of hydrogen-bond acceptors (Lipinski definition) is 3. The first-order valence-corrected chi connectivity index (χ1v) is 4.17. The van der Waals surface area contributed by atoms with Gasteiger partial charge in [-0.1, -0.05) is 35.4 Å². The van der Waals surface area contributed by atoms with E-state index < -0.39 is 18.1 Å². The predicted octanol–water partition coefficient (Wildman–Crippen LogP) is 1.48. The summed E-state index contributed by atoms with van der Waals surface area (Å²) in [4.78, 5) is 13.1. The zero-order valence-corrected chi connectivity index (χ0v) is 7.69. The van der Waals surface area contributed by atoms with E-state index in [1.807, 2.05) is 0 Å². The van der Waals surface area contributed by atoms with E-state index in [-0.39, 0.29) is 0 Å². The van der Waals surface area contributed by atoms with Crippen LogP contribution < -0.4 is 0 Å². The molecule has 0 spiro atoms. The Morgan fingerprint density at radius 3 is 2.47 bits per heavy atom. The average Bonchev–Trinajstić information content (AvgIpc) is 2.26. The van der Waals surface area contributed by atoms with Crippen molar-refractivity contribution in [3.05, 3.63) is 46.3 Å². The Bertz CT molecular complexity index is 385. The molecule has 15 heavy (non-hydrogen) atoms. The number of carboxylic acids is 1. The number of aliphatic hydroxyl groups is 1. The molecule has 0 aromatic heterocycles. The summed E-state index contributed by atoms with van der Waals surface area (Å²) in [5.41, 5.74) is 8.57. The fourth-order valence-electron chi connectivity index (χ4n) is 1.14. The molecule has 0 saturated heterocycles. The van der Waals surface area contributed by atoms with Gasteiger partial charge in [-0.25, -0.2) is 0 Å². The predicted molar refractivity (Wildman–Crippen MR) is 52.0 cm³/mol. The van der Waals surface area contributed by atoms with Gasteiger partial charge in [-0.2, -0.15) is 0 Å². The smallest absolute Gasteiger partial charge is 0.315 e. The van der Waals surface area contributed by atoms with Crippen molar-refractivity contribution >= 4 is 5.97 Å². The van der Waals surface area contributed by atoms with E-state index in [0.717, 1.165) is 0 Å². The number of nitrogens with zero attached hydrogens (tertiary/aromatic N) is 3. The molecule has 1 aromatic carbocycles. The molecule has 2 atom stereocenters. The minimum atomic E-state index is -1.50.